The Balaban J connectivity index is 2.58. The summed E-state index contributed by atoms with van der Waals surface area (Å²) in [6, 6.07) is 7.10. The summed E-state index contributed by atoms with van der Waals surface area (Å²) < 4.78 is 0.520. The third-order valence-electron chi connectivity index (χ3n) is 2.41. The maximum Gasteiger partial charge on any atom is 0.266 e. The van der Waals surface area contributed by atoms with Crippen molar-refractivity contribution in [1.82, 2.24) is 9.88 Å². The van der Waals surface area contributed by atoms with Gasteiger partial charge in [-0.2, -0.15) is 0 Å². The first-order chi connectivity index (χ1) is 8.50. The van der Waals surface area contributed by atoms with E-state index in [2.05, 4.69) is 4.98 Å². The Morgan fingerprint density at radius 2 is 2.06 bits per heavy atom. The third kappa shape index (κ3) is 2.34. The molecule has 0 unspecified atom stereocenters. The number of H-pyrrole nitrogens is 1. The second-order valence-corrected chi connectivity index (χ2v) is 5.58. The van der Waals surface area contributed by atoms with E-state index in [4.69, 9.17) is 12.2 Å². The second-order valence-electron chi connectivity index (χ2n) is 3.94. The normalized spacial score (nSPS) is 10.6. The molecule has 2 N–H and O–H groups in total. The highest BCUT2D eigenvalue weighted by molar-refractivity contribution is 8.23. The van der Waals surface area contributed by atoms with Crippen LogP contribution in [-0.2, 0) is 0 Å². The van der Waals surface area contributed by atoms with E-state index in [1.165, 1.54) is 0 Å². The van der Waals surface area contributed by atoms with Crippen LogP contribution >= 0.6 is 24.0 Å². The summed E-state index contributed by atoms with van der Waals surface area (Å²) in [5.74, 6) is -0.0245. The molecule has 6 heteroatoms. The number of nitrogens with zero attached hydrogens (tertiary/aromatic N) is 1. The van der Waals surface area contributed by atoms with Crippen molar-refractivity contribution < 1.29 is 5.11 Å². The van der Waals surface area contributed by atoms with Crippen LogP contribution in [0.25, 0.3) is 10.9 Å². The van der Waals surface area contributed by atoms with Crippen molar-refractivity contribution in [1.29, 1.82) is 0 Å². The maximum absolute atomic E-state index is 11.9. The Morgan fingerprint density at radius 3 is 2.72 bits per heavy atom. The molecule has 2 rings (SSSR count). The second kappa shape index (κ2) is 4.99. The molecule has 94 valence electrons. The molecule has 0 atom stereocenters. The lowest BCUT2D eigenvalue weighted by molar-refractivity contribution is 0.467. The van der Waals surface area contributed by atoms with Crippen molar-refractivity contribution in [3.63, 3.8) is 0 Å². The molecule has 0 spiro atoms. The van der Waals surface area contributed by atoms with Gasteiger partial charge in [-0.25, -0.2) is 0 Å². The number of thiocarbonyl (C=S) groups is 1. The monoisotopic (exact) mass is 280 g/mol. The van der Waals surface area contributed by atoms with Crippen LogP contribution in [-0.4, -0.2) is 33.4 Å². The molecular weight excluding hydrogens is 268 g/mol. The molecule has 0 saturated carbocycles. The molecule has 0 aliphatic carbocycles. The van der Waals surface area contributed by atoms with Crippen LogP contribution in [0.1, 0.15) is 0 Å². The summed E-state index contributed by atoms with van der Waals surface area (Å²) in [5.41, 5.74) is 0.278. The van der Waals surface area contributed by atoms with Crippen molar-refractivity contribution >= 4 is 39.2 Å². The molecule has 1 aromatic heterocycles. The average Bonchev–Trinajstić information content (AvgIpc) is 2.34. The fraction of sp³-hybridized carbons (Fsp3) is 0.167. The Kier molecular flexibility index (Phi) is 3.58. The number of hydrogen-bond acceptors (Lipinski definition) is 4. The first kappa shape index (κ1) is 12.9. The molecule has 1 aromatic carbocycles. The number of benzene rings is 1. The Hall–Kier alpha value is -1.53. The van der Waals surface area contributed by atoms with Crippen molar-refractivity contribution in [3.05, 3.63) is 34.6 Å². The van der Waals surface area contributed by atoms with Gasteiger partial charge in [-0.15, -0.1) is 0 Å². The van der Waals surface area contributed by atoms with Gasteiger partial charge in [-0.05, 0) is 12.1 Å². The highest BCUT2D eigenvalue weighted by atomic mass is 32.2. The third-order valence-corrected chi connectivity index (χ3v) is 4.14. The standard InChI is InChI=1S/C12H12N2O2S2/c1-14(2)12(17)18-10-9(15)7-5-3-4-6-8(7)13-11(10)16/h3-6H,1-2H3,(H2,13,15,16). The number of pyridine rings is 1. The van der Waals surface area contributed by atoms with Gasteiger partial charge in [-0.3, -0.25) is 4.79 Å². The van der Waals surface area contributed by atoms with Crippen LogP contribution < -0.4 is 5.56 Å². The number of aromatic nitrogens is 1. The topological polar surface area (TPSA) is 56.3 Å². The lowest BCUT2D eigenvalue weighted by atomic mass is 10.2. The molecule has 0 aliphatic heterocycles. The first-order valence-corrected chi connectivity index (χ1v) is 6.46. The molecule has 0 amide bonds. The molecule has 4 nitrogen and oxygen atoms in total. The van der Waals surface area contributed by atoms with E-state index in [0.717, 1.165) is 11.8 Å². The van der Waals surface area contributed by atoms with Gasteiger partial charge in [0.1, 0.15) is 15.0 Å². The zero-order chi connectivity index (χ0) is 13.3. The van der Waals surface area contributed by atoms with Gasteiger partial charge in [-0.1, -0.05) is 36.1 Å². The van der Waals surface area contributed by atoms with E-state index in [-0.39, 0.29) is 16.2 Å². The van der Waals surface area contributed by atoms with E-state index in [9.17, 15) is 9.90 Å². The fourth-order valence-corrected chi connectivity index (χ4v) is 2.44. The van der Waals surface area contributed by atoms with Crippen LogP contribution in [0.4, 0.5) is 0 Å². The number of aromatic amines is 1. The highest BCUT2D eigenvalue weighted by Gasteiger charge is 2.14. The summed E-state index contributed by atoms with van der Waals surface area (Å²) >= 11 is 6.21. The Morgan fingerprint density at radius 1 is 1.39 bits per heavy atom. The molecule has 1 heterocycles. The first-order valence-electron chi connectivity index (χ1n) is 5.24. The SMILES string of the molecule is CN(C)C(=S)Sc1c(O)c2ccccc2[nH]c1=O. The number of thioether (sulfide) groups is 1. The maximum atomic E-state index is 11.9. The number of aromatic hydroxyl groups is 1. The van der Waals surface area contributed by atoms with Crippen molar-refractivity contribution in [2.45, 2.75) is 4.90 Å². The van der Waals surface area contributed by atoms with Gasteiger partial charge in [0.05, 0.1) is 5.52 Å². The average molecular weight is 280 g/mol. The molecule has 18 heavy (non-hydrogen) atoms. The van der Waals surface area contributed by atoms with Gasteiger partial charge in [0.15, 0.2) is 0 Å². The van der Waals surface area contributed by atoms with Crippen LogP contribution in [0.2, 0.25) is 0 Å². The number of fused-ring (bicyclic) bond motifs is 1. The van der Waals surface area contributed by atoms with Crippen LogP contribution in [0.5, 0.6) is 5.75 Å². The van der Waals surface area contributed by atoms with Gasteiger partial charge in [0.25, 0.3) is 5.56 Å². The smallest absolute Gasteiger partial charge is 0.266 e. The fourth-order valence-electron chi connectivity index (χ4n) is 1.48. The van der Waals surface area contributed by atoms with Crippen molar-refractivity contribution in [3.8, 4) is 5.75 Å². The van der Waals surface area contributed by atoms with E-state index >= 15 is 0 Å². The molecule has 0 bridgehead atoms. The summed E-state index contributed by atoms with van der Waals surface area (Å²) in [7, 11) is 3.59. The summed E-state index contributed by atoms with van der Waals surface area (Å²) in [5, 5.41) is 10.8. The molecule has 0 fully saturated rings. The van der Waals surface area contributed by atoms with E-state index in [1.807, 2.05) is 0 Å². The van der Waals surface area contributed by atoms with Gasteiger partial charge in [0, 0.05) is 19.5 Å². The van der Waals surface area contributed by atoms with Crippen LogP contribution in [0.15, 0.2) is 34.0 Å². The lowest BCUT2D eigenvalue weighted by Gasteiger charge is -2.13. The summed E-state index contributed by atoms with van der Waals surface area (Å²) in [6.45, 7) is 0. The molecule has 0 aliphatic rings. The largest absolute Gasteiger partial charge is 0.506 e. The predicted molar refractivity (Wildman–Crippen MR) is 78.4 cm³/mol. The van der Waals surface area contributed by atoms with E-state index in [1.54, 1.807) is 43.3 Å². The summed E-state index contributed by atoms with van der Waals surface area (Å²) in [6.07, 6.45) is 0. The van der Waals surface area contributed by atoms with Gasteiger partial charge >= 0.3 is 0 Å². The van der Waals surface area contributed by atoms with E-state index < -0.39 is 0 Å². The van der Waals surface area contributed by atoms with Gasteiger partial charge in [0.2, 0.25) is 0 Å². The van der Waals surface area contributed by atoms with Crippen LogP contribution in [0.3, 0.4) is 0 Å². The Labute approximate surface area is 114 Å². The minimum atomic E-state index is -0.333. The van der Waals surface area contributed by atoms with Gasteiger partial charge < -0.3 is 15.0 Å². The number of nitrogens with one attached hydrogen (secondary N) is 1. The zero-order valence-electron chi connectivity index (χ0n) is 9.93. The number of hydrogen-bond donors (Lipinski definition) is 2. The molecular formula is C12H12N2O2S2. The predicted octanol–water partition coefficient (Wildman–Crippen LogP) is 2.17. The number of rotatable bonds is 1. The summed E-state index contributed by atoms with van der Waals surface area (Å²) in [4.78, 5) is 16.6. The van der Waals surface area contributed by atoms with Crippen molar-refractivity contribution in [2.24, 2.45) is 0 Å². The molecule has 0 saturated heterocycles. The van der Waals surface area contributed by atoms with Crippen molar-refractivity contribution in [2.75, 3.05) is 14.1 Å². The van der Waals surface area contributed by atoms with E-state index in [0.29, 0.717) is 15.2 Å². The molecule has 2 aromatic rings. The zero-order valence-corrected chi connectivity index (χ0v) is 11.6. The minimum Gasteiger partial charge on any atom is -0.506 e. The highest BCUT2D eigenvalue weighted by Crippen LogP contribution is 2.32. The minimum absolute atomic E-state index is 0.0245. The quantitative estimate of drug-likeness (QED) is 0.619. The Bertz CT molecular complexity index is 665. The lowest BCUT2D eigenvalue weighted by Crippen LogP contribution is -2.18. The molecule has 0 radical (unpaired) electrons. The van der Waals surface area contributed by atoms with Crippen LogP contribution in [0, 0.1) is 0 Å². The number of para-hydroxylation sites is 1.